The van der Waals surface area contributed by atoms with Gasteiger partial charge in [0.05, 0.1) is 79.7 Å². The van der Waals surface area contributed by atoms with Gasteiger partial charge in [0, 0.05) is 70.7 Å². The first-order valence-corrected chi connectivity index (χ1v) is 87.1. The number of carbonyl (C=O) groups excluding carboxylic acids is 4. The van der Waals surface area contributed by atoms with E-state index < -0.39 is 60.6 Å². The Labute approximate surface area is 965 Å². The second-order valence-corrected chi connectivity index (χ2v) is 87.5. The molecule has 150 heavy (non-hydrogen) atoms. The number of halogens is 2. The van der Waals surface area contributed by atoms with Gasteiger partial charge in [-0.3, -0.25) is 0 Å². The largest absolute Gasteiger partial charge is 0.462 e. The first kappa shape index (κ1) is 124. The molecule has 0 radical (unpaired) electrons. The van der Waals surface area contributed by atoms with Gasteiger partial charge in [-0.2, -0.15) is 17.5 Å². The number of hydrogen-bond acceptors (Lipinski definition) is 22. The normalized spacial score (nSPS) is 12.8. The Balaban J connectivity index is 0.000000215. The average Bonchev–Trinajstić information content (AvgIpc) is 1.55. The number of aromatic nitrogens is 4. The number of esters is 4. The number of hydrogen-bond donors (Lipinski definition) is 0. The number of benzene rings is 4. The van der Waals surface area contributed by atoms with Crippen molar-refractivity contribution in [2.24, 2.45) is 23.7 Å². The smallest absolute Gasteiger partial charge is 0.339 e. The summed E-state index contributed by atoms with van der Waals surface area (Å²) in [6.07, 6.45) is 52.9. The van der Waals surface area contributed by atoms with E-state index in [1.165, 1.54) is 231 Å². The molecule has 0 amide bonds. The Morgan fingerprint density at radius 1 is 0.280 bits per heavy atom. The molecule has 0 aliphatic rings. The van der Waals surface area contributed by atoms with Crippen LogP contribution in [0.2, 0.25) is 29.6 Å². The van der Waals surface area contributed by atoms with Crippen LogP contribution in [0.4, 0.5) is 0 Å². The van der Waals surface area contributed by atoms with Gasteiger partial charge in [-0.15, -0.1) is 68.0 Å². The van der Waals surface area contributed by atoms with E-state index in [0.29, 0.717) is 64.1 Å². The Hall–Kier alpha value is -4.40. The fourth-order valence-electron chi connectivity index (χ4n) is 20.7. The summed E-state index contributed by atoms with van der Waals surface area (Å²) in [6.45, 7) is 32.0. The van der Waals surface area contributed by atoms with Crippen LogP contribution in [-0.4, -0.2) is 105 Å². The quantitative estimate of drug-likeness (QED) is 0.0154. The molecule has 0 saturated carbocycles. The SMILES string of the molecule is CCCCC(CC)COC(=O)c1c(C(=O)OCC(CC)CCCC)c(-c2ccc(Br)s2)c2nsnc2c1-c1ccc(Br)s1.CCCCCCCCc1c2c[c]([Sn]([CH3])([CH3])[CH3])sc2c(CCCCCCCC)c2c[c]([Sn]([CH3])([CH3])[CH3])sc12.CCCCCCCCc1c2cc(-c3ccc(-c4c(C(=O)OCC(CC)CCCC)c(C(=O)OCC(CC)CCCC)c(-c5ccc(C)s5)c5nsnc45)s3)sc2c(CCCCCCCC)c2cc(C)sc12. The van der Waals surface area contributed by atoms with Crippen molar-refractivity contribution in [3.63, 3.8) is 0 Å². The van der Waals surface area contributed by atoms with Gasteiger partial charge in [0.25, 0.3) is 0 Å². The molecule has 0 bridgehead atoms. The van der Waals surface area contributed by atoms with Crippen molar-refractivity contribution in [1.29, 1.82) is 0 Å². The van der Waals surface area contributed by atoms with Gasteiger partial charge in [0.2, 0.25) is 0 Å². The van der Waals surface area contributed by atoms with Crippen molar-refractivity contribution in [3.05, 3.63) is 135 Å². The van der Waals surface area contributed by atoms with Crippen LogP contribution < -0.4 is 5.79 Å². The maximum Gasteiger partial charge on any atom is 0.339 e. The summed E-state index contributed by atoms with van der Waals surface area (Å²) in [5, 5.41) is 6.22. The molecule has 818 valence electrons. The number of thiophene rings is 8. The first-order valence-electron chi connectivity index (χ1n) is 57.6. The molecule has 0 aliphatic carbocycles. The Bertz CT molecular complexity index is 6300. The van der Waals surface area contributed by atoms with Crippen molar-refractivity contribution in [2.75, 3.05) is 26.4 Å². The maximum atomic E-state index is 15.2. The molecule has 12 nitrogen and oxygen atoms in total. The van der Waals surface area contributed by atoms with E-state index in [1.54, 1.807) is 59.8 Å². The van der Waals surface area contributed by atoms with Crippen LogP contribution in [0.5, 0.6) is 0 Å². The van der Waals surface area contributed by atoms with Gasteiger partial charge >= 0.3 is 266 Å². The molecule has 4 unspecified atom stereocenters. The number of nitrogens with zero attached hydrogens (tertiary/aromatic N) is 4. The van der Waals surface area contributed by atoms with Gasteiger partial charge < -0.3 is 18.9 Å². The molecule has 0 aliphatic heterocycles. The number of fused-ring (bicyclic) bond motifs is 6. The van der Waals surface area contributed by atoms with Crippen LogP contribution in [0.3, 0.4) is 0 Å². The Morgan fingerprint density at radius 2 is 0.547 bits per heavy atom. The number of carbonyl (C=O) groups is 4. The molecular formula is C124H172Br2N4O8S10Sn2. The first-order chi connectivity index (χ1) is 72.5. The minimum Gasteiger partial charge on any atom is -0.462 e. The van der Waals surface area contributed by atoms with Gasteiger partial charge in [0.1, 0.15) is 22.1 Å². The summed E-state index contributed by atoms with van der Waals surface area (Å²) in [6, 6.07) is 26.5. The van der Waals surface area contributed by atoms with E-state index in [0.717, 1.165) is 176 Å². The third-order valence-electron chi connectivity index (χ3n) is 30.0. The second kappa shape index (κ2) is 63.0. The summed E-state index contributed by atoms with van der Waals surface area (Å²) in [5.74, 6) is -1.13. The molecule has 14 aromatic rings. The molecule has 10 heterocycles. The van der Waals surface area contributed by atoms with Crippen molar-refractivity contribution >= 4 is 275 Å². The van der Waals surface area contributed by atoms with Crippen LogP contribution in [0.1, 0.15) is 413 Å². The van der Waals surface area contributed by atoms with E-state index in [1.807, 2.05) is 53.0 Å². The molecule has 0 N–H and O–H groups in total. The summed E-state index contributed by atoms with van der Waals surface area (Å²) in [5.41, 5.74) is 12.1. The van der Waals surface area contributed by atoms with Crippen LogP contribution in [-0.2, 0) is 44.6 Å². The zero-order chi connectivity index (χ0) is 108. The summed E-state index contributed by atoms with van der Waals surface area (Å²) in [7, 11) is 0. The molecular weight excluding hydrogens is 2390 g/mol. The van der Waals surface area contributed by atoms with E-state index in [2.05, 4.69) is 232 Å². The van der Waals surface area contributed by atoms with Crippen LogP contribution in [0, 0.1) is 37.5 Å². The van der Waals surface area contributed by atoms with E-state index in [-0.39, 0.29) is 52.5 Å². The molecule has 4 atom stereocenters. The average molecular weight is 2560 g/mol. The number of ether oxygens (including phenoxy) is 4. The predicted octanol–water partition coefficient (Wildman–Crippen LogP) is 42.8. The zero-order valence-corrected chi connectivity index (χ0v) is 111. The standard InChI is InChI=1S/C60H80N2O4S5.C32H38Br2N2O4S3.C26H36S2.6CH3.2Sn/c1-9-15-19-21-23-25-29-43-45-35-40(8)68-57(45)44(30-26-24-22-20-16-10-2)46-36-50(70-58(43)46)47-33-34-49(69-47)52-54(60(64)66-38-42(14-6)28-18-12-4)53(59(63)65-37-41(13-5)27-17-11-3)51(48-32-31-39(7)67-48)55-56(52)62-71-61-55;1-5-9-11-19(7-3)17-39-31(37)27-25(21-13-15-23(33)41-21)29-30(36-43-35-29)26(22-14-16-24(34)42-22)28(27)32(38)40-18-20(8-4)12-10-6-2;1-3-5-7-9-11-13-15-21-23-17-19-28-26(23)22(24-18-20-27-25(21)24)16-14-12-10-8-6-4-2;;;;;;;;/h31-36,41-42H,9-30,37-38H2,1-8H3;13-16,19-20H,5-12,17-18H2,1-4H3;17-18H,3-16H2,1-2H3;6*1H3;;. The number of unbranched alkanes of at least 4 members (excludes halogenated alkanes) is 24. The summed E-state index contributed by atoms with van der Waals surface area (Å²) in [4.78, 5) is 82.6. The van der Waals surface area contributed by atoms with Gasteiger partial charge in [-0.1, -0.05) is 210 Å². The maximum absolute atomic E-state index is 15.2. The molecule has 14 rings (SSSR count). The van der Waals surface area contributed by atoms with Crippen molar-refractivity contribution in [2.45, 2.75) is 409 Å². The predicted molar refractivity (Wildman–Crippen MR) is 675 cm³/mol. The van der Waals surface area contributed by atoms with Gasteiger partial charge in [-0.05, 0) is 203 Å². The van der Waals surface area contributed by atoms with Crippen molar-refractivity contribution in [1.82, 2.24) is 17.5 Å². The minimum absolute atomic E-state index is 0.200. The summed E-state index contributed by atoms with van der Waals surface area (Å²) >= 11 is 19.6. The Morgan fingerprint density at radius 3 is 0.840 bits per heavy atom. The number of aryl methyl sites for hydroxylation is 6. The monoisotopic (exact) mass is 2560 g/mol. The van der Waals surface area contributed by atoms with E-state index >= 15 is 9.59 Å². The molecule has 0 saturated heterocycles. The van der Waals surface area contributed by atoms with Gasteiger partial charge in [-0.25, -0.2) is 19.2 Å². The van der Waals surface area contributed by atoms with Crippen molar-refractivity contribution < 1.29 is 38.1 Å². The summed E-state index contributed by atoms with van der Waals surface area (Å²) < 4.78 is 55.7. The van der Waals surface area contributed by atoms with Crippen LogP contribution in [0.25, 0.3) is 114 Å². The molecule has 26 heteroatoms. The van der Waals surface area contributed by atoms with E-state index in [9.17, 15) is 9.59 Å². The third-order valence-corrected chi connectivity index (χ3v) is 60.2. The van der Waals surface area contributed by atoms with E-state index in [4.69, 9.17) is 27.7 Å². The number of rotatable bonds is 63. The zero-order valence-electron chi connectivity index (χ0n) is 94.1. The van der Waals surface area contributed by atoms with Crippen LogP contribution >= 0.6 is 146 Å². The minimum atomic E-state index is -2.13. The molecule has 10 aromatic heterocycles. The molecule has 4 aromatic carbocycles. The third kappa shape index (κ3) is 33.4. The Kier molecular flexibility index (Phi) is 52.1. The molecule has 0 spiro atoms. The van der Waals surface area contributed by atoms with Gasteiger partial charge in [0.15, 0.2) is 0 Å². The fourth-order valence-corrected chi connectivity index (χ4v) is 42.1. The van der Waals surface area contributed by atoms with Crippen LogP contribution in [0.15, 0.2) is 80.4 Å². The van der Waals surface area contributed by atoms with Crippen molar-refractivity contribution in [3.8, 4) is 51.5 Å². The molecule has 0 fully saturated rings. The fraction of sp³-hybridized carbons (Fsp3) is 0.581. The second-order valence-electron chi connectivity index (χ2n) is 43.9. The topological polar surface area (TPSA) is 157 Å².